The predicted molar refractivity (Wildman–Crippen MR) is 58.9 cm³/mol. The van der Waals surface area contributed by atoms with E-state index in [2.05, 4.69) is 10.6 Å². The van der Waals surface area contributed by atoms with Gasteiger partial charge in [0.05, 0.1) is 12.6 Å². The molecule has 2 aliphatic heterocycles. The Bertz CT molecular complexity index is 307. The molecule has 0 aromatic carbocycles. The number of carbonyl (C=O) groups excluding carboxylic acids is 2. The number of carbonyl (C=O) groups is 2. The van der Waals surface area contributed by atoms with Crippen LogP contribution in [0.3, 0.4) is 0 Å². The lowest BCUT2D eigenvalue weighted by Gasteiger charge is -2.41. The lowest BCUT2D eigenvalue weighted by Crippen LogP contribution is -2.67. The highest BCUT2D eigenvalue weighted by atomic mass is 16.2. The summed E-state index contributed by atoms with van der Waals surface area (Å²) < 4.78 is 0. The Morgan fingerprint density at radius 2 is 2.06 bits per heavy atom. The van der Waals surface area contributed by atoms with E-state index in [9.17, 15) is 9.59 Å². The van der Waals surface area contributed by atoms with E-state index in [1.54, 1.807) is 0 Å². The minimum absolute atomic E-state index is 0.00866. The van der Waals surface area contributed by atoms with Crippen LogP contribution in [0.5, 0.6) is 0 Å². The number of likely N-dealkylation sites (N-methyl/N-ethyl adjacent to an activating group) is 2. The second-order valence-corrected chi connectivity index (χ2v) is 4.59. The Hall–Kier alpha value is -1.14. The van der Waals surface area contributed by atoms with E-state index in [1.165, 1.54) is 0 Å². The third kappa shape index (κ3) is 2.17. The van der Waals surface area contributed by atoms with Gasteiger partial charge in [0.25, 0.3) is 0 Å². The van der Waals surface area contributed by atoms with Crippen LogP contribution >= 0.6 is 0 Å². The Kier molecular flexibility index (Phi) is 3.11. The SMILES string of the molecule is CN1CC(=O)NC(C2C(=O)NCCN2C)C1. The van der Waals surface area contributed by atoms with Crippen LogP contribution in [0.15, 0.2) is 0 Å². The topological polar surface area (TPSA) is 64.7 Å². The summed E-state index contributed by atoms with van der Waals surface area (Å²) in [5.74, 6) is -0.000117. The molecule has 0 bridgehead atoms. The van der Waals surface area contributed by atoms with Crippen molar-refractivity contribution in [2.45, 2.75) is 12.1 Å². The van der Waals surface area contributed by atoms with Gasteiger partial charge in [-0.05, 0) is 14.1 Å². The van der Waals surface area contributed by atoms with Gasteiger partial charge in [0, 0.05) is 19.6 Å². The zero-order valence-electron chi connectivity index (χ0n) is 9.69. The first-order valence-corrected chi connectivity index (χ1v) is 5.54. The van der Waals surface area contributed by atoms with E-state index in [4.69, 9.17) is 0 Å². The van der Waals surface area contributed by atoms with Crippen LogP contribution in [0.2, 0.25) is 0 Å². The second kappa shape index (κ2) is 4.39. The van der Waals surface area contributed by atoms with Gasteiger partial charge >= 0.3 is 0 Å². The standard InChI is InChI=1S/C10H18N4O2/c1-13-5-7(12-8(15)6-13)9-10(16)11-3-4-14(9)2/h7,9H,3-6H2,1-2H3,(H,11,16)(H,12,15). The molecule has 0 spiro atoms. The molecular formula is C10H18N4O2. The quantitative estimate of drug-likeness (QED) is 0.535. The monoisotopic (exact) mass is 226 g/mol. The highest BCUT2D eigenvalue weighted by Crippen LogP contribution is 2.10. The Morgan fingerprint density at radius 1 is 1.31 bits per heavy atom. The molecule has 0 radical (unpaired) electrons. The lowest BCUT2D eigenvalue weighted by atomic mass is 10.0. The van der Waals surface area contributed by atoms with Crippen molar-refractivity contribution in [1.29, 1.82) is 0 Å². The van der Waals surface area contributed by atoms with Gasteiger partial charge in [0.15, 0.2) is 0 Å². The Morgan fingerprint density at radius 3 is 2.69 bits per heavy atom. The van der Waals surface area contributed by atoms with Gasteiger partial charge in [-0.15, -0.1) is 0 Å². The molecule has 2 atom stereocenters. The number of hydrogen-bond donors (Lipinski definition) is 2. The Balaban J connectivity index is 2.09. The van der Waals surface area contributed by atoms with Crippen molar-refractivity contribution in [3.8, 4) is 0 Å². The van der Waals surface area contributed by atoms with Gasteiger partial charge in [0.2, 0.25) is 11.8 Å². The van der Waals surface area contributed by atoms with Crippen molar-refractivity contribution >= 4 is 11.8 Å². The number of piperazine rings is 2. The summed E-state index contributed by atoms with van der Waals surface area (Å²) in [5, 5.41) is 5.73. The zero-order valence-corrected chi connectivity index (χ0v) is 9.69. The first-order chi connectivity index (χ1) is 7.58. The van der Waals surface area contributed by atoms with Crippen LogP contribution in [0.25, 0.3) is 0 Å². The summed E-state index contributed by atoms with van der Waals surface area (Å²) in [4.78, 5) is 27.2. The number of nitrogens with one attached hydrogen (secondary N) is 2. The molecular weight excluding hydrogens is 208 g/mol. The van der Waals surface area contributed by atoms with Crippen LogP contribution in [-0.2, 0) is 9.59 Å². The maximum atomic E-state index is 11.8. The molecule has 0 saturated carbocycles. The van der Waals surface area contributed by atoms with Gasteiger partial charge in [-0.3, -0.25) is 19.4 Å². The molecule has 2 saturated heterocycles. The molecule has 2 aliphatic rings. The molecule has 2 N–H and O–H groups in total. The second-order valence-electron chi connectivity index (χ2n) is 4.59. The molecule has 2 rings (SSSR count). The zero-order chi connectivity index (χ0) is 11.7. The number of nitrogens with zero attached hydrogens (tertiary/aromatic N) is 2. The van der Waals surface area contributed by atoms with Gasteiger partial charge in [-0.1, -0.05) is 0 Å². The maximum absolute atomic E-state index is 11.8. The number of hydrogen-bond acceptors (Lipinski definition) is 4. The van der Waals surface area contributed by atoms with Gasteiger partial charge in [-0.2, -0.15) is 0 Å². The van der Waals surface area contributed by atoms with E-state index < -0.39 is 0 Å². The van der Waals surface area contributed by atoms with Crippen molar-refractivity contribution in [2.24, 2.45) is 0 Å². The highest BCUT2D eigenvalue weighted by Gasteiger charge is 2.37. The average Bonchev–Trinajstić information content (AvgIpc) is 2.15. The van der Waals surface area contributed by atoms with E-state index in [0.29, 0.717) is 19.6 Å². The van der Waals surface area contributed by atoms with Gasteiger partial charge in [0.1, 0.15) is 6.04 Å². The van der Waals surface area contributed by atoms with Crippen LogP contribution in [0.4, 0.5) is 0 Å². The molecule has 6 heteroatoms. The minimum atomic E-state index is -0.250. The van der Waals surface area contributed by atoms with Crippen LogP contribution < -0.4 is 10.6 Å². The molecule has 2 unspecified atom stereocenters. The molecule has 2 heterocycles. The van der Waals surface area contributed by atoms with Crippen LogP contribution in [0.1, 0.15) is 0 Å². The van der Waals surface area contributed by atoms with E-state index >= 15 is 0 Å². The molecule has 16 heavy (non-hydrogen) atoms. The molecule has 6 nitrogen and oxygen atoms in total. The Labute approximate surface area is 95.0 Å². The fourth-order valence-electron chi connectivity index (χ4n) is 2.41. The summed E-state index contributed by atoms with van der Waals surface area (Å²) in [5.41, 5.74) is 0. The first kappa shape index (κ1) is 11.3. The fourth-order valence-corrected chi connectivity index (χ4v) is 2.41. The number of amides is 2. The maximum Gasteiger partial charge on any atom is 0.239 e. The molecule has 2 fully saturated rings. The van der Waals surface area contributed by atoms with Crippen molar-refractivity contribution in [2.75, 3.05) is 40.3 Å². The molecule has 0 aromatic heterocycles. The molecule has 90 valence electrons. The smallest absolute Gasteiger partial charge is 0.239 e. The summed E-state index contributed by atoms with van der Waals surface area (Å²) >= 11 is 0. The first-order valence-electron chi connectivity index (χ1n) is 5.54. The van der Waals surface area contributed by atoms with Crippen LogP contribution in [-0.4, -0.2) is 74.0 Å². The molecule has 0 aliphatic carbocycles. The molecule has 0 aromatic rings. The largest absolute Gasteiger partial charge is 0.353 e. The van der Waals surface area contributed by atoms with E-state index in [0.717, 1.165) is 6.54 Å². The summed E-state index contributed by atoms with van der Waals surface area (Å²) in [6.07, 6.45) is 0. The van der Waals surface area contributed by atoms with Crippen molar-refractivity contribution in [3.63, 3.8) is 0 Å². The molecule has 2 amide bonds. The fraction of sp³-hybridized carbons (Fsp3) is 0.800. The summed E-state index contributed by atoms with van der Waals surface area (Å²) in [6.45, 7) is 2.64. The van der Waals surface area contributed by atoms with Gasteiger partial charge < -0.3 is 10.6 Å². The minimum Gasteiger partial charge on any atom is -0.353 e. The van der Waals surface area contributed by atoms with Crippen molar-refractivity contribution in [1.82, 2.24) is 20.4 Å². The third-order valence-corrected chi connectivity index (χ3v) is 3.16. The summed E-state index contributed by atoms with van der Waals surface area (Å²) in [6, 6.07) is -0.364. The van der Waals surface area contributed by atoms with Gasteiger partial charge in [-0.25, -0.2) is 0 Å². The third-order valence-electron chi connectivity index (χ3n) is 3.16. The average molecular weight is 226 g/mol. The van der Waals surface area contributed by atoms with Crippen molar-refractivity contribution < 1.29 is 9.59 Å². The van der Waals surface area contributed by atoms with Crippen LogP contribution in [0, 0.1) is 0 Å². The number of rotatable bonds is 1. The summed E-state index contributed by atoms with van der Waals surface area (Å²) in [7, 11) is 3.82. The normalized spacial score (nSPS) is 33.4. The van der Waals surface area contributed by atoms with E-state index in [-0.39, 0.29) is 23.9 Å². The highest BCUT2D eigenvalue weighted by molar-refractivity contribution is 5.85. The predicted octanol–water partition coefficient (Wildman–Crippen LogP) is -2.15. The lowest BCUT2D eigenvalue weighted by molar-refractivity contribution is -0.132. The van der Waals surface area contributed by atoms with E-state index in [1.807, 2.05) is 23.9 Å². The van der Waals surface area contributed by atoms with Crippen molar-refractivity contribution in [3.05, 3.63) is 0 Å².